The van der Waals surface area contributed by atoms with Gasteiger partial charge in [-0.2, -0.15) is 0 Å². The van der Waals surface area contributed by atoms with Gasteiger partial charge in [0, 0.05) is 0 Å². The van der Waals surface area contributed by atoms with Crippen LogP contribution in [0.3, 0.4) is 0 Å². The molecule has 0 heterocycles. The molecule has 1 aromatic rings. The third-order valence-corrected chi connectivity index (χ3v) is 3.02. The number of hydrogen-bond donors (Lipinski definition) is 2. The standard InChI is InChI=1S/C12H17NO/c1-8-4-2-3-5-10(8)11(13)12(14)9-6-7-9/h2-5,9,11-12,14H,6-7,13H2,1H3/t11-,12+/m0/s1. The van der Waals surface area contributed by atoms with Gasteiger partial charge in [0.25, 0.3) is 0 Å². The first kappa shape index (κ1) is 9.69. The predicted octanol–water partition coefficient (Wildman–Crippen LogP) is 1.77. The molecule has 1 aliphatic rings. The van der Waals surface area contributed by atoms with Crippen LogP contribution in [0.5, 0.6) is 0 Å². The zero-order chi connectivity index (χ0) is 10.1. The summed E-state index contributed by atoms with van der Waals surface area (Å²) in [5, 5.41) is 9.91. The maximum atomic E-state index is 9.91. The summed E-state index contributed by atoms with van der Waals surface area (Å²) < 4.78 is 0. The molecule has 0 aliphatic heterocycles. The van der Waals surface area contributed by atoms with Gasteiger partial charge in [-0.25, -0.2) is 0 Å². The van der Waals surface area contributed by atoms with Crippen molar-refractivity contribution in [3.63, 3.8) is 0 Å². The lowest BCUT2D eigenvalue weighted by Crippen LogP contribution is -2.28. The van der Waals surface area contributed by atoms with Gasteiger partial charge in [0.15, 0.2) is 0 Å². The highest BCUT2D eigenvalue weighted by Gasteiger charge is 2.34. The van der Waals surface area contributed by atoms with Crippen LogP contribution >= 0.6 is 0 Å². The molecule has 0 unspecified atom stereocenters. The van der Waals surface area contributed by atoms with Crippen LogP contribution in [0.15, 0.2) is 24.3 Å². The Kier molecular flexibility index (Phi) is 2.57. The van der Waals surface area contributed by atoms with Crippen molar-refractivity contribution in [3.05, 3.63) is 35.4 Å². The maximum Gasteiger partial charge on any atom is 0.0760 e. The van der Waals surface area contributed by atoms with Crippen molar-refractivity contribution in [2.24, 2.45) is 11.7 Å². The fraction of sp³-hybridized carbons (Fsp3) is 0.500. The average molecular weight is 191 g/mol. The van der Waals surface area contributed by atoms with Crippen LogP contribution in [0.1, 0.15) is 30.0 Å². The largest absolute Gasteiger partial charge is 0.391 e. The molecule has 3 N–H and O–H groups in total. The van der Waals surface area contributed by atoms with Gasteiger partial charge in [0.2, 0.25) is 0 Å². The molecule has 76 valence electrons. The molecule has 0 radical (unpaired) electrons. The maximum absolute atomic E-state index is 9.91. The fourth-order valence-corrected chi connectivity index (χ4v) is 1.88. The molecule has 1 aromatic carbocycles. The minimum atomic E-state index is -0.365. The minimum Gasteiger partial charge on any atom is -0.391 e. The lowest BCUT2D eigenvalue weighted by molar-refractivity contribution is 0.122. The van der Waals surface area contributed by atoms with Crippen LogP contribution in [0, 0.1) is 12.8 Å². The Morgan fingerprint density at radius 2 is 2.00 bits per heavy atom. The Balaban J connectivity index is 2.17. The number of benzene rings is 1. The summed E-state index contributed by atoms with van der Waals surface area (Å²) in [6, 6.07) is 7.79. The molecule has 2 nitrogen and oxygen atoms in total. The van der Waals surface area contributed by atoms with Crippen LogP contribution in [0.4, 0.5) is 0 Å². The molecular weight excluding hydrogens is 174 g/mol. The van der Waals surface area contributed by atoms with Crippen LogP contribution in [0.25, 0.3) is 0 Å². The highest BCUT2D eigenvalue weighted by Crippen LogP contribution is 2.37. The Morgan fingerprint density at radius 1 is 1.36 bits per heavy atom. The first-order chi connectivity index (χ1) is 6.70. The SMILES string of the molecule is Cc1ccccc1[C@H](N)[C@H](O)C1CC1. The van der Waals surface area contributed by atoms with E-state index >= 15 is 0 Å². The van der Waals surface area contributed by atoms with Gasteiger partial charge in [-0.1, -0.05) is 24.3 Å². The molecule has 2 atom stereocenters. The number of aliphatic hydroxyl groups excluding tert-OH is 1. The molecule has 0 amide bonds. The number of aryl methyl sites for hydroxylation is 1. The van der Waals surface area contributed by atoms with Crippen molar-refractivity contribution in [1.29, 1.82) is 0 Å². The van der Waals surface area contributed by atoms with E-state index in [0.717, 1.165) is 18.4 Å². The first-order valence-electron chi connectivity index (χ1n) is 5.19. The highest BCUT2D eigenvalue weighted by atomic mass is 16.3. The Labute approximate surface area is 84.7 Å². The van der Waals surface area contributed by atoms with Crippen molar-refractivity contribution in [2.45, 2.75) is 31.9 Å². The summed E-state index contributed by atoms with van der Waals surface area (Å²) in [7, 11) is 0. The molecule has 0 aromatic heterocycles. The van der Waals surface area contributed by atoms with Gasteiger partial charge in [-0.05, 0) is 36.8 Å². The zero-order valence-electron chi connectivity index (χ0n) is 8.48. The molecule has 1 fully saturated rings. The van der Waals surface area contributed by atoms with Gasteiger partial charge in [-0.3, -0.25) is 0 Å². The number of nitrogens with two attached hydrogens (primary N) is 1. The number of hydrogen-bond acceptors (Lipinski definition) is 2. The van der Waals surface area contributed by atoms with Gasteiger partial charge in [-0.15, -0.1) is 0 Å². The monoisotopic (exact) mass is 191 g/mol. The van der Waals surface area contributed by atoms with Gasteiger partial charge in [0.05, 0.1) is 12.1 Å². The molecule has 1 saturated carbocycles. The Bertz CT molecular complexity index is 320. The fourth-order valence-electron chi connectivity index (χ4n) is 1.88. The van der Waals surface area contributed by atoms with E-state index in [0.29, 0.717) is 5.92 Å². The smallest absolute Gasteiger partial charge is 0.0760 e. The minimum absolute atomic E-state index is 0.219. The summed E-state index contributed by atoms with van der Waals surface area (Å²) in [4.78, 5) is 0. The van der Waals surface area contributed by atoms with E-state index in [2.05, 4.69) is 0 Å². The number of aliphatic hydroxyl groups is 1. The summed E-state index contributed by atoms with van der Waals surface area (Å²) in [5.41, 5.74) is 8.27. The van der Waals surface area contributed by atoms with Crippen LogP contribution in [0.2, 0.25) is 0 Å². The predicted molar refractivity (Wildman–Crippen MR) is 56.8 cm³/mol. The highest BCUT2D eigenvalue weighted by molar-refractivity contribution is 5.29. The molecule has 14 heavy (non-hydrogen) atoms. The van der Waals surface area contributed by atoms with Crippen LogP contribution < -0.4 is 5.73 Å². The summed E-state index contributed by atoms with van der Waals surface area (Å²) >= 11 is 0. The first-order valence-corrected chi connectivity index (χ1v) is 5.19. The molecule has 0 bridgehead atoms. The molecule has 0 saturated heterocycles. The quantitative estimate of drug-likeness (QED) is 0.764. The van der Waals surface area contributed by atoms with Crippen molar-refractivity contribution in [1.82, 2.24) is 0 Å². The average Bonchev–Trinajstić information content (AvgIpc) is 3.00. The van der Waals surface area contributed by atoms with Gasteiger partial charge < -0.3 is 10.8 Å². The topological polar surface area (TPSA) is 46.2 Å². The van der Waals surface area contributed by atoms with E-state index in [1.165, 1.54) is 5.56 Å². The normalized spacial score (nSPS) is 20.5. The second-order valence-electron chi connectivity index (χ2n) is 4.21. The van der Waals surface area contributed by atoms with Gasteiger partial charge in [0.1, 0.15) is 0 Å². The summed E-state index contributed by atoms with van der Waals surface area (Å²) in [6.45, 7) is 2.04. The molecule has 0 spiro atoms. The molecule has 1 aliphatic carbocycles. The van der Waals surface area contributed by atoms with Crippen molar-refractivity contribution in [2.75, 3.05) is 0 Å². The summed E-state index contributed by atoms with van der Waals surface area (Å²) in [5.74, 6) is 0.435. The Morgan fingerprint density at radius 3 is 2.57 bits per heavy atom. The molecular formula is C12H17NO. The van der Waals surface area contributed by atoms with E-state index in [4.69, 9.17) is 5.73 Å². The van der Waals surface area contributed by atoms with Crippen LogP contribution in [-0.4, -0.2) is 11.2 Å². The van der Waals surface area contributed by atoms with E-state index in [9.17, 15) is 5.11 Å². The third kappa shape index (κ3) is 1.81. The second-order valence-corrected chi connectivity index (χ2v) is 4.21. The third-order valence-electron chi connectivity index (χ3n) is 3.02. The lowest BCUT2D eigenvalue weighted by atomic mass is 9.95. The molecule has 2 rings (SSSR count). The van der Waals surface area contributed by atoms with E-state index < -0.39 is 0 Å². The number of rotatable bonds is 3. The zero-order valence-corrected chi connectivity index (χ0v) is 8.48. The lowest BCUT2D eigenvalue weighted by Gasteiger charge is -2.20. The second kappa shape index (κ2) is 3.71. The van der Waals surface area contributed by atoms with Gasteiger partial charge >= 0.3 is 0 Å². The summed E-state index contributed by atoms with van der Waals surface area (Å²) in [6.07, 6.45) is 1.89. The van der Waals surface area contributed by atoms with E-state index in [-0.39, 0.29) is 12.1 Å². The molecule has 2 heteroatoms. The van der Waals surface area contributed by atoms with E-state index in [1.807, 2.05) is 31.2 Å². The van der Waals surface area contributed by atoms with Crippen molar-refractivity contribution >= 4 is 0 Å². The Hall–Kier alpha value is -0.860. The van der Waals surface area contributed by atoms with Crippen LogP contribution in [-0.2, 0) is 0 Å². The van der Waals surface area contributed by atoms with Crippen molar-refractivity contribution < 1.29 is 5.11 Å². The van der Waals surface area contributed by atoms with E-state index in [1.54, 1.807) is 0 Å². The van der Waals surface area contributed by atoms with Crippen molar-refractivity contribution in [3.8, 4) is 0 Å².